The summed E-state index contributed by atoms with van der Waals surface area (Å²) < 4.78 is 19.0. The van der Waals surface area contributed by atoms with Crippen molar-refractivity contribution in [3.05, 3.63) is 95.2 Å². The van der Waals surface area contributed by atoms with E-state index in [9.17, 15) is 14.0 Å². The highest BCUT2D eigenvalue weighted by Gasteiger charge is 2.23. The number of unbranched alkanes of at least 4 members (excludes halogenated alkanes) is 1. The number of benzene rings is 2. The maximum absolute atomic E-state index is 13.4. The molecule has 0 aliphatic carbocycles. The largest absolute Gasteiger partial charge is 0.464 e. The molecule has 5 nitrogen and oxygen atoms in total. The van der Waals surface area contributed by atoms with E-state index in [0.717, 1.165) is 24.2 Å². The van der Waals surface area contributed by atoms with Crippen molar-refractivity contribution in [1.29, 1.82) is 0 Å². The minimum Gasteiger partial charge on any atom is -0.464 e. The Morgan fingerprint density at radius 2 is 1.64 bits per heavy atom. The molecule has 3 aromatic rings. The molecule has 6 heteroatoms. The fourth-order valence-corrected chi connectivity index (χ4v) is 3.60. The molecule has 1 heterocycles. The van der Waals surface area contributed by atoms with Crippen molar-refractivity contribution in [2.24, 2.45) is 0 Å². The standard InChI is InChI=1S/C27H31FN2O3/c1-3-4-17-30(27(32)23-11-13-24(28)14-12-23)20-26(31)29(19-25-15-10-21(2)33-25)18-16-22-8-6-5-7-9-22/h5-15H,3-4,16-20H2,1-2H3. The Kier molecular flexibility index (Phi) is 8.81. The summed E-state index contributed by atoms with van der Waals surface area (Å²) >= 11 is 0. The lowest BCUT2D eigenvalue weighted by molar-refractivity contribution is -0.132. The lowest BCUT2D eigenvalue weighted by Crippen LogP contribution is -2.43. The van der Waals surface area contributed by atoms with Gasteiger partial charge >= 0.3 is 0 Å². The van der Waals surface area contributed by atoms with Crippen LogP contribution in [0, 0.1) is 12.7 Å². The Morgan fingerprint density at radius 1 is 0.909 bits per heavy atom. The second-order valence-corrected chi connectivity index (χ2v) is 8.15. The van der Waals surface area contributed by atoms with E-state index in [1.165, 1.54) is 24.3 Å². The Bertz CT molecular complexity index is 1030. The molecule has 0 aliphatic rings. The highest BCUT2D eigenvalue weighted by Crippen LogP contribution is 2.13. The third-order valence-corrected chi connectivity index (χ3v) is 5.49. The van der Waals surface area contributed by atoms with E-state index in [2.05, 4.69) is 0 Å². The molecule has 0 saturated carbocycles. The van der Waals surface area contributed by atoms with Gasteiger partial charge in [0.15, 0.2) is 0 Å². The number of carbonyl (C=O) groups is 2. The Labute approximate surface area is 194 Å². The summed E-state index contributed by atoms with van der Waals surface area (Å²) in [6.07, 6.45) is 2.37. The Morgan fingerprint density at radius 3 is 2.27 bits per heavy atom. The van der Waals surface area contributed by atoms with Gasteiger partial charge in [0.05, 0.1) is 6.54 Å². The summed E-state index contributed by atoms with van der Waals surface area (Å²) in [5.41, 5.74) is 1.51. The first-order valence-electron chi connectivity index (χ1n) is 11.4. The van der Waals surface area contributed by atoms with Gasteiger partial charge in [-0.3, -0.25) is 9.59 Å². The summed E-state index contributed by atoms with van der Waals surface area (Å²) in [7, 11) is 0. The second kappa shape index (κ2) is 12.0. The first-order chi connectivity index (χ1) is 16.0. The molecule has 0 radical (unpaired) electrons. The number of hydrogen-bond acceptors (Lipinski definition) is 3. The topological polar surface area (TPSA) is 53.8 Å². The number of hydrogen-bond donors (Lipinski definition) is 0. The van der Waals surface area contributed by atoms with Gasteiger partial charge in [-0.05, 0) is 61.7 Å². The maximum atomic E-state index is 13.4. The van der Waals surface area contributed by atoms with Crippen molar-refractivity contribution < 1.29 is 18.4 Å². The fourth-order valence-electron chi connectivity index (χ4n) is 3.60. The zero-order valence-corrected chi connectivity index (χ0v) is 19.3. The predicted molar refractivity (Wildman–Crippen MR) is 126 cm³/mol. The molecule has 0 spiro atoms. The number of nitrogens with zero attached hydrogens (tertiary/aromatic N) is 2. The van der Waals surface area contributed by atoms with Crippen LogP contribution in [-0.2, 0) is 17.8 Å². The molecule has 33 heavy (non-hydrogen) atoms. The van der Waals surface area contributed by atoms with Crippen LogP contribution in [-0.4, -0.2) is 41.2 Å². The second-order valence-electron chi connectivity index (χ2n) is 8.15. The number of halogens is 1. The first kappa shape index (κ1) is 24.2. The molecule has 174 valence electrons. The molecule has 0 atom stereocenters. The molecule has 0 fully saturated rings. The van der Waals surface area contributed by atoms with Crippen molar-refractivity contribution in [3.63, 3.8) is 0 Å². The summed E-state index contributed by atoms with van der Waals surface area (Å²) in [5.74, 6) is 0.680. The first-order valence-corrected chi connectivity index (χ1v) is 11.4. The summed E-state index contributed by atoms with van der Waals surface area (Å²) in [6, 6.07) is 19.2. The lowest BCUT2D eigenvalue weighted by Gasteiger charge is -2.27. The van der Waals surface area contributed by atoms with Gasteiger partial charge in [-0.15, -0.1) is 0 Å². The average Bonchev–Trinajstić information content (AvgIpc) is 3.24. The number of amides is 2. The molecule has 1 aromatic heterocycles. The van der Waals surface area contributed by atoms with Crippen molar-refractivity contribution in [1.82, 2.24) is 9.80 Å². The van der Waals surface area contributed by atoms with E-state index < -0.39 is 5.82 Å². The third-order valence-electron chi connectivity index (χ3n) is 5.49. The van der Waals surface area contributed by atoms with E-state index in [4.69, 9.17) is 4.42 Å². The number of aryl methyl sites for hydroxylation is 1. The highest BCUT2D eigenvalue weighted by atomic mass is 19.1. The van der Waals surface area contributed by atoms with Crippen LogP contribution in [0.5, 0.6) is 0 Å². The van der Waals surface area contributed by atoms with E-state index in [1.54, 1.807) is 9.80 Å². The quantitative estimate of drug-likeness (QED) is 0.401. The van der Waals surface area contributed by atoms with Gasteiger partial charge < -0.3 is 14.2 Å². The molecular weight excluding hydrogens is 419 g/mol. The number of carbonyl (C=O) groups excluding carboxylic acids is 2. The van der Waals surface area contributed by atoms with Crippen LogP contribution < -0.4 is 0 Å². The van der Waals surface area contributed by atoms with E-state index in [1.807, 2.05) is 56.3 Å². The van der Waals surface area contributed by atoms with Crippen LogP contribution in [0.3, 0.4) is 0 Å². The minimum atomic E-state index is -0.399. The molecule has 0 unspecified atom stereocenters. The van der Waals surface area contributed by atoms with E-state index in [-0.39, 0.29) is 18.4 Å². The molecule has 3 rings (SSSR count). The van der Waals surface area contributed by atoms with Crippen LogP contribution in [0.2, 0.25) is 0 Å². The van der Waals surface area contributed by atoms with Gasteiger partial charge in [0.2, 0.25) is 5.91 Å². The highest BCUT2D eigenvalue weighted by molar-refractivity contribution is 5.96. The predicted octanol–water partition coefficient (Wildman–Crippen LogP) is 5.24. The Hall–Kier alpha value is -3.41. The summed E-state index contributed by atoms with van der Waals surface area (Å²) in [5, 5.41) is 0. The lowest BCUT2D eigenvalue weighted by atomic mass is 10.1. The zero-order chi connectivity index (χ0) is 23.6. The summed E-state index contributed by atoms with van der Waals surface area (Å²) in [4.78, 5) is 29.7. The Balaban J connectivity index is 1.75. The van der Waals surface area contributed by atoms with Gasteiger partial charge in [0.1, 0.15) is 23.9 Å². The van der Waals surface area contributed by atoms with Crippen LogP contribution in [0.4, 0.5) is 4.39 Å². The van der Waals surface area contributed by atoms with Crippen LogP contribution in [0.1, 0.15) is 47.2 Å². The SMILES string of the molecule is CCCCN(CC(=O)N(CCc1ccccc1)Cc1ccc(C)o1)C(=O)c1ccc(F)cc1. The van der Waals surface area contributed by atoms with E-state index in [0.29, 0.717) is 37.4 Å². The van der Waals surface area contributed by atoms with Crippen molar-refractivity contribution >= 4 is 11.8 Å². The zero-order valence-electron chi connectivity index (χ0n) is 19.3. The molecule has 0 bridgehead atoms. The van der Waals surface area contributed by atoms with Gasteiger partial charge in [-0.25, -0.2) is 4.39 Å². The van der Waals surface area contributed by atoms with Crippen molar-refractivity contribution in [2.75, 3.05) is 19.6 Å². The minimum absolute atomic E-state index is 0.0370. The van der Waals surface area contributed by atoms with Gasteiger partial charge in [-0.1, -0.05) is 43.7 Å². The van der Waals surface area contributed by atoms with Crippen LogP contribution in [0.25, 0.3) is 0 Å². The third kappa shape index (κ3) is 7.31. The molecular formula is C27H31FN2O3. The van der Waals surface area contributed by atoms with Crippen LogP contribution in [0.15, 0.2) is 71.1 Å². The molecule has 0 saturated heterocycles. The molecule has 2 amide bonds. The number of furan rings is 1. The normalized spacial score (nSPS) is 10.8. The number of rotatable bonds is 11. The molecule has 2 aromatic carbocycles. The van der Waals surface area contributed by atoms with Gasteiger partial charge in [-0.2, -0.15) is 0 Å². The van der Waals surface area contributed by atoms with E-state index >= 15 is 0 Å². The monoisotopic (exact) mass is 450 g/mol. The van der Waals surface area contributed by atoms with Gasteiger partial charge in [0.25, 0.3) is 5.91 Å². The van der Waals surface area contributed by atoms with Crippen LogP contribution >= 0.6 is 0 Å². The maximum Gasteiger partial charge on any atom is 0.254 e. The molecule has 0 N–H and O–H groups in total. The smallest absolute Gasteiger partial charge is 0.254 e. The molecule has 0 aliphatic heterocycles. The average molecular weight is 451 g/mol. The summed E-state index contributed by atoms with van der Waals surface area (Å²) in [6.45, 7) is 5.18. The fraction of sp³-hybridized carbons (Fsp3) is 0.333. The van der Waals surface area contributed by atoms with Crippen molar-refractivity contribution in [2.45, 2.75) is 39.7 Å². The van der Waals surface area contributed by atoms with Crippen molar-refractivity contribution in [3.8, 4) is 0 Å². The van der Waals surface area contributed by atoms with Gasteiger partial charge in [0, 0.05) is 18.7 Å².